The topological polar surface area (TPSA) is 45.6 Å². The van der Waals surface area contributed by atoms with Gasteiger partial charge in [-0.1, -0.05) is 6.07 Å². The van der Waals surface area contributed by atoms with Gasteiger partial charge in [0.25, 0.3) is 0 Å². The minimum Gasteiger partial charge on any atom is -0.362 e. The molecule has 0 radical (unpaired) electrons. The molecule has 74 valence electrons. The van der Waals surface area contributed by atoms with E-state index in [1.807, 2.05) is 38.1 Å². The summed E-state index contributed by atoms with van der Waals surface area (Å²) in [5.41, 5.74) is 0.931. The van der Waals surface area contributed by atoms with Gasteiger partial charge in [0.05, 0.1) is 6.04 Å². The van der Waals surface area contributed by atoms with Crippen molar-refractivity contribution in [1.82, 2.24) is 4.98 Å². The Morgan fingerprint density at radius 3 is 2.86 bits per heavy atom. The smallest absolute Gasteiger partial charge is 0.235 e. The summed E-state index contributed by atoms with van der Waals surface area (Å²) in [6, 6.07) is 3.55. The van der Waals surface area contributed by atoms with Crippen molar-refractivity contribution in [3.8, 4) is 0 Å². The number of pyridine rings is 1. The van der Waals surface area contributed by atoms with Crippen LogP contribution in [0.5, 0.6) is 0 Å². The number of rotatable bonds is 3. The Morgan fingerprint density at radius 1 is 1.57 bits per heavy atom. The lowest BCUT2D eigenvalue weighted by Crippen LogP contribution is -2.13. The van der Waals surface area contributed by atoms with Crippen molar-refractivity contribution >= 4 is 11.9 Å². The SMILES string of the molecule is CC(N=C=O)c1cccnc1N(C)C. The Morgan fingerprint density at radius 2 is 2.29 bits per heavy atom. The highest BCUT2D eigenvalue weighted by molar-refractivity contribution is 5.48. The third-order valence-electron chi connectivity index (χ3n) is 1.94. The minimum atomic E-state index is -0.196. The van der Waals surface area contributed by atoms with Crippen LogP contribution in [-0.2, 0) is 4.79 Å². The number of aliphatic imine (C=N–C) groups is 1. The first-order chi connectivity index (χ1) is 6.66. The summed E-state index contributed by atoms with van der Waals surface area (Å²) >= 11 is 0. The predicted octanol–water partition coefficient (Wildman–Crippen LogP) is 1.54. The average Bonchev–Trinajstić information content (AvgIpc) is 2.18. The van der Waals surface area contributed by atoms with E-state index in [2.05, 4.69) is 9.98 Å². The van der Waals surface area contributed by atoms with Crippen molar-refractivity contribution in [3.63, 3.8) is 0 Å². The van der Waals surface area contributed by atoms with E-state index in [1.165, 1.54) is 0 Å². The maximum Gasteiger partial charge on any atom is 0.235 e. The van der Waals surface area contributed by atoms with Crippen LogP contribution in [0.3, 0.4) is 0 Å². The van der Waals surface area contributed by atoms with Crippen molar-refractivity contribution in [2.24, 2.45) is 4.99 Å². The second-order valence-corrected chi connectivity index (χ2v) is 3.21. The van der Waals surface area contributed by atoms with Gasteiger partial charge in [0.1, 0.15) is 5.82 Å². The second-order valence-electron chi connectivity index (χ2n) is 3.21. The Balaban J connectivity index is 3.12. The molecule has 0 spiro atoms. The molecule has 0 aromatic carbocycles. The molecule has 1 aromatic rings. The average molecular weight is 191 g/mol. The van der Waals surface area contributed by atoms with E-state index in [0.717, 1.165) is 11.4 Å². The molecule has 1 heterocycles. The number of carbonyl (C=O) groups excluding carboxylic acids is 1. The van der Waals surface area contributed by atoms with Crippen LogP contribution < -0.4 is 4.90 Å². The quantitative estimate of drug-likeness (QED) is 0.538. The van der Waals surface area contributed by atoms with Crippen molar-refractivity contribution < 1.29 is 4.79 Å². The monoisotopic (exact) mass is 191 g/mol. The zero-order valence-electron chi connectivity index (χ0n) is 8.56. The van der Waals surface area contributed by atoms with Gasteiger partial charge in [0.15, 0.2) is 0 Å². The number of nitrogens with zero attached hydrogens (tertiary/aromatic N) is 3. The Kier molecular flexibility index (Phi) is 3.37. The molecule has 1 unspecified atom stereocenters. The van der Waals surface area contributed by atoms with Crippen molar-refractivity contribution in [3.05, 3.63) is 23.9 Å². The van der Waals surface area contributed by atoms with E-state index in [9.17, 15) is 4.79 Å². The minimum absolute atomic E-state index is 0.196. The van der Waals surface area contributed by atoms with Crippen molar-refractivity contribution in [2.45, 2.75) is 13.0 Å². The number of anilines is 1. The Hall–Kier alpha value is -1.67. The molecule has 0 aliphatic carbocycles. The van der Waals surface area contributed by atoms with Crippen LogP contribution in [-0.4, -0.2) is 25.2 Å². The van der Waals surface area contributed by atoms with E-state index in [0.29, 0.717) is 0 Å². The molecule has 4 heteroatoms. The highest BCUT2D eigenvalue weighted by Crippen LogP contribution is 2.24. The molecule has 0 N–H and O–H groups in total. The lowest BCUT2D eigenvalue weighted by Gasteiger charge is -2.16. The standard InChI is InChI=1S/C10H13N3O/c1-8(12-7-14)9-5-4-6-11-10(9)13(2)3/h4-6,8H,1-3H3. The Labute approximate surface area is 83.3 Å². The molecule has 0 aliphatic heterocycles. The van der Waals surface area contributed by atoms with Crippen molar-refractivity contribution in [2.75, 3.05) is 19.0 Å². The first kappa shape index (κ1) is 10.4. The van der Waals surface area contributed by atoms with Crippen LogP contribution in [0.2, 0.25) is 0 Å². The summed E-state index contributed by atoms with van der Waals surface area (Å²) in [7, 11) is 3.81. The van der Waals surface area contributed by atoms with E-state index in [1.54, 1.807) is 12.3 Å². The first-order valence-electron chi connectivity index (χ1n) is 4.36. The summed E-state index contributed by atoms with van der Waals surface area (Å²) in [4.78, 5) is 19.9. The van der Waals surface area contributed by atoms with E-state index < -0.39 is 0 Å². The van der Waals surface area contributed by atoms with E-state index in [-0.39, 0.29) is 6.04 Å². The second kappa shape index (κ2) is 4.53. The Bertz CT molecular complexity index is 356. The van der Waals surface area contributed by atoms with Gasteiger partial charge in [0.2, 0.25) is 6.08 Å². The summed E-state index contributed by atoms with van der Waals surface area (Å²) in [5, 5.41) is 0. The molecular weight excluding hydrogens is 178 g/mol. The molecule has 4 nitrogen and oxygen atoms in total. The highest BCUT2D eigenvalue weighted by atomic mass is 16.1. The van der Waals surface area contributed by atoms with Crippen LogP contribution in [0, 0.1) is 0 Å². The largest absolute Gasteiger partial charge is 0.362 e. The van der Waals surface area contributed by atoms with Crippen molar-refractivity contribution in [1.29, 1.82) is 0 Å². The number of hydrogen-bond acceptors (Lipinski definition) is 4. The number of hydrogen-bond donors (Lipinski definition) is 0. The predicted molar refractivity (Wildman–Crippen MR) is 55.1 cm³/mol. The van der Waals surface area contributed by atoms with Gasteiger partial charge in [-0.15, -0.1) is 0 Å². The van der Waals surface area contributed by atoms with E-state index in [4.69, 9.17) is 0 Å². The number of aromatic nitrogens is 1. The van der Waals surface area contributed by atoms with Crippen LogP contribution in [0.15, 0.2) is 23.3 Å². The third-order valence-corrected chi connectivity index (χ3v) is 1.94. The first-order valence-corrected chi connectivity index (χ1v) is 4.36. The van der Waals surface area contributed by atoms with Gasteiger partial charge >= 0.3 is 0 Å². The fraction of sp³-hybridized carbons (Fsp3) is 0.400. The molecule has 1 atom stereocenters. The summed E-state index contributed by atoms with van der Waals surface area (Å²) in [6.45, 7) is 1.84. The van der Waals surface area contributed by atoms with Gasteiger partial charge in [-0.2, -0.15) is 4.99 Å². The fourth-order valence-electron chi connectivity index (χ4n) is 1.26. The highest BCUT2D eigenvalue weighted by Gasteiger charge is 2.11. The zero-order chi connectivity index (χ0) is 10.6. The third kappa shape index (κ3) is 2.18. The summed E-state index contributed by atoms with van der Waals surface area (Å²) < 4.78 is 0. The summed E-state index contributed by atoms with van der Waals surface area (Å²) in [6.07, 6.45) is 3.28. The maximum atomic E-state index is 10.1. The molecule has 14 heavy (non-hydrogen) atoms. The van der Waals surface area contributed by atoms with Gasteiger partial charge in [-0.3, -0.25) is 0 Å². The molecule has 0 fully saturated rings. The van der Waals surface area contributed by atoms with Gasteiger partial charge in [-0.05, 0) is 13.0 Å². The van der Waals surface area contributed by atoms with Gasteiger partial charge in [-0.25, -0.2) is 9.78 Å². The maximum absolute atomic E-state index is 10.1. The van der Waals surface area contributed by atoms with Gasteiger partial charge in [0, 0.05) is 25.9 Å². The zero-order valence-corrected chi connectivity index (χ0v) is 8.56. The molecular formula is C10H13N3O. The normalized spacial score (nSPS) is 11.6. The lowest BCUT2D eigenvalue weighted by molar-refractivity contribution is 0.559. The van der Waals surface area contributed by atoms with E-state index >= 15 is 0 Å². The molecule has 0 bridgehead atoms. The number of isocyanates is 1. The van der Waals surface area contributed by atoms with Crippen LogP contribution in [0.25, 0.3) is 0 Å². The molecule has 0 saturated heterocycles. The molecule has 0 amide bonds. The van der Waals surface area contributed by atoms with Crippen LogP contribution in [0.4, 0.5) is 5.82 Å². The lowest BCUT2D eigenvalue weighted by atomic mass is 10.1. The molecule has 0 saturated carbocycles. The van der Waals surface area contributed by atoms with Gasteiger partial charge < -0.3 is 4.90 Å². The fourth-order valence-corrected chi connectivity index (χ4v) is 1.26. The van der Waals surface area contributed by atoms with Crippen LogP contribution in [0.1, 0.15) is 18.5 Å². The van der Waals surface area contributed by atoms with Crippen LogP contribution >= 0.6 is 0 Å². The summed E-state index contributed by atoms with van der Waals surface area (Å²) in [5.74, 6) is 0.832. The molecule has 0 aliphatic rings. The molecule has 1 rings (SSSR count). The molecule has 1 aromatic heterocycles.